The van der Waals surface area contributed by atoms with Gasteiger partial charge in [0, 0.05) is 17.5 Å². The van der Waals surface area contributed by atoms with Crippen molar-refractivity contribution in [2.24, 2.45) is 0 Å². The minimum atomic E-state index is -0.120. The average molecular weight is 367 g/mol. The Kier molecular flexibility index (Phi) is 5.07. The van der Waals surface area contributed by atoms with E-state index in [4.69, 9.17) is 4.42 Å². The number of para-hydroxylation sites is 1. The average Bonchev–Trinajstić information content (AvgIpc) is 3.11. The summed E-state index contributed by atoms with van der Waals surface area (Å²) < 4.78 is 5.92. The maximum atomic E-state index is 13.1. The second-order valence-corrected chi connectivity index (χ2v) is 6.69. The lowest BCUT2D eigenvalue weighted by molar-refractivity contribution is 0.101. The SMILES string of the molecule is Cc1ccc(C(=O)c2oc3ccccc3c2NC/C=C/c2ccccc2)cc1. The molecule has 0 spiro atoms. The van der Waals surface area contributed by atoms with E-state index in [1.807, 2.05) is 79.7 Å². The predicted molar refractivity (Wildman–Crippen MR) is 115 cm³/mol. The van der Waals surface area contributed by atoms with E-state index in [9.17, 15) is 4.79 Å². The van der Waals surface area contributed by atoms with Gasteiger partial charge in [0.2, 0.25) is 5.78 Å². The Hall–Kier alpha value is -3.59. The molecule has 0 atom stereocenters. The summed E-state index contributed by atoms with van der Waals surface area (Å²) in [6.45, 7) is 2.59. The molecule has 0 aliphatic carbocycles. The molecule has 28 heavy (non-hydrogen) atoms. The largest absolute Gasteiger partial charge is 0.450 e. The second-order valence-electron chi connectivity index (χ2n) is 6.69. The van der Waals surface area contributed by atoms with E-state index in [1.165, 1.54) is 0 Å². The van der Waals surface area contributed by atoms with E-state index in [-0.39, 0.29) is 5.78 Å². The van der Waals surface area contributed by atoms with Gasteiger partial charge < -0.3 is 9.73 Å². The highest BCUT2D eigenvalue weighted by Gasteiger charge is 2.21. The third-order valence-electron chi connectivity index (χ3n) is 4.62. The first-order chi connectivity index (χ1) is 13.7. The zero-order valence-corrected chi connectivity index (χ0v) is 15.7. The number of carbonyl (C=O) groups excluding carboxylic acids is 1. The van der Waals surface area contributed by atoms with Crippen molar-refractivity contribution in [2.45, 2.75) is 6.92 Å². The summed E-state index contributed by atoms with van der Waals surface area (Å²) >= 11 is 0. The summed E-state index contributed by atoms with van der Waals surface area (Å²) in [6, 6.07) is 25.4. The first kappa shape index (κ1) is 17.8. The molecule has 0 aliphatic rings. The lowest BCUT2D eigenvalue weighted by Crippen LogP contribution is -2.06. The van der Waals surface area contributed by atoms with E-state index in [1.54, 1.807) is 0 Å². The number of fused-ring (bicyclic) bond motifs is 1. The maximum absolute atomic E-state index is 13.1. The molecule has 0 fully saturated rings. The summed E-state index contributed by atoms with van der Waals surface area (Å²) in [5.41, 5.74) is 4.31. The van der Waals surface area contributed by atoms with E-state index >= 15 is 0 Å². The van der Waals surface area contributed by atoms with Crippen LogP contribution in [0, 0.1) is 6.92 Å². The second kappa shape index (κ2) is 7.97. The number of ketones is 1. The number of nitrogens with one attached hydrogen (secondary N) is 1. The first-order valence-corrected chi connectivity index (χ1v) is 9.31. The molecule has 1 aromatic heterocycles. The number of benzene rings is 3. The van der Waals surface area contributed by atoms with E-state index < -0.39 is 0 Å². The van der Waals surface area contributed by atoms with Crippen LogP contribution in [0.25, 0.3) is 17.0 Å². The summed E-state index contributed by atoms with van der Waals surface area (Å²) in [7, 11) is 0. The lowest BCUT2D eigenvalue weighted by Gasteiger charge is -2.05. The van der Waals surface area contributed by atoms with Gasteiger partial charge in [-0.3, -0.25) is 4.79 Å². The number of furan rings is 1. The van der Waals surface area contributed by atoms with Crippen LogP contribution in [0.2, 0.25) is 0 Å². The highest BCUT2D eigenvalue weighted by atomic mass is 16.3. The molecular formula is C25H21NO2. The molecule has 4 aromatic rings. The number of anilines is 1. The monoisotopic (exact) mass is 367 g/mol. The molecule has 138 valence electrons. The van der Waals surface area contributed by atoms with Gasteiger partial charge in [-0.05, 0) is 24.6 Å². The van der Waals surface area contributed by atoms with Crippen molar-refractivity contribution in [3.63, 3.8) is 0 Å². The van der Waals surface area contributed by atoms with Crippen molar-refractivity contribution in [1.82, 2.24) is 0 Å². The van der Waals surface area contributed by atoms with E-state index in [0.717, 1.165) is 22.2 Å². The van der Waals surface area contributed by atoms with Gasteiger partial charge in [0.15, 0.2) is 5.76 Å². The maximum Gasteiger partial charge on any atom is 0.230 e. The quantitative estimate of drug-likeness (QED) is 0.419. The molecule has 0 saturated carbocycles. The molecule has 3 heteroatoms. The summed E-state index contributed by atoms with van der Waals surface area (Å²) in [5.74, 6) is 0.226. The highest BCUT2D eigenvalue weighted by Crippen LogP contribution is 2.32. The third kappa shape index (κ3) is 3.74. The van der Waals surface area contributed by atoms with Gasteiger partial charge in [0.25, 0.3) is 0 Å². The van der Waals surface area contributed by atoms with Gasteiger partial charge in [-0.25, -0.2) is 0 Å². The zero-order valence-electron chi connectivity index (χ0n) is 15.7. The third-order valence-corrected chi connectivity index (χ3v) is 4.62. The van der Waals surface area contributed by atoms with Crippen LogP contribution in [0.5, 0.6) is 0 Å². The standard InChI is InChI=1S/C25H21NO2/c1-18-13-15-20(16-14-18)24(27)25-23(21-11-5-6-12-22(21)28-25)26-17-7-10-19-8-3-2-4-9-19/h2-16,26H,17H2,1H3/b10-7+. The van der Waals surface area contributed by atoms with Crippen molar-refractivity contribution in [2.75, 3.05) is 11.9 Å². The molecule has 0 unspecified atom stereocenters. The van der Waals surface area contributed by atoms with Crippen molar-refractivity contribution < 1.29 is 9.21 Å². The van der Waals surface area contributed by atoms with Gasteiger partial charge in [0.05, 0.1) is 5.69 Å². The predicted octanol–water partition coefficient (Wildman–Crippen LogP) is 6.10. The molecule has 3 aromatic carbocycles. The summed E-state index contributed by atoms with van der Waals surface area (Å²) in [5, 5.41) is 4.28. The minimum Gasteiger partial charge on any atom is -0.450 e. The molecule has 1 N–H and O–H groups in total. The van der Waals surface area contributed by atoms with Crippen LogP contribution >= 0.6 is 0 Å². The minimum absolute atomic E-state index is 0.120. The van der Waals surface area contributed by atoms with Crippen molar-refractivity contribution >= 4 is 28.5 Å². The smallest absolute Gasteiger partial charge is 0.230 e. The fraction of sp³-hybridized carbons (Fsp3) is 0.0800. The van der Waals surface area contributed by atoms with Gasteiger partial charge >= 0.3 is 0 Å². The van der Waals surface area contributed by atoms with Crippen molar-refractivity contribution in [3.8, 4) is 0 Å². The van der Waals surface area contributed by atoms with Crippen LogP contribution in [-0.4, -0.2) is 12.3 Å². The molecule has 4 rings (SSSR count). The summed E-state index contributed by atoms with van der Waals surface area (Å²) in [6.07, 6.45) is 4.09. The molecule has 0 amide bonds. The van der Waals surface area contributed by atoms with Crippen LogP contribution in [0.15, 0.2) is 89.4 Å². The zero-order chi connectivity index (χ0) is 19.3. The molecule has 0 saturated heterocycles. The van der Waals surface area contributed by atoms with Gasteiger partial charge in [-0.1, -0.05) is 84.4 Å². The fourth-order valence-corrected chi connectivity index (χ4v) is 3.14. The van der Waals surface area contributed by atoms with E-state index in [2.05, 4.69) is 23.5 Å². The molecular weight excluding hydrogens is 346 g/mol. The van der Waals surface area contributed by atoms with Crippen molar-refractivity contribution in [1.29, 1.82) is 0 Å². The van der Waals surface area contributed by atoms with Crippen LogP contribution in [0.4, 0.5) is 5.69 Å². The number of rotatable bonds is 6. The Morgan fingerprint density at radius 3 is 2.43 bits per heavy atom. The fourth-order valence-electron chi connectivity index (χ4n) is 3.14. The number of aryl methyl sites for hydroxylation is 1. The van der Waals surface area contributed by atoms with Crippen LogP contribution in [-0.2, 0) is 0 Å². The first-order valence-electron chi connectivity index (χ1n) is 9.31. The van der Waals surface area contributed by atoms with Gasteiger partial charge in [-0.15, -0.1) is 0 Å². The Labute approximate surface area is 164 Å². The summed E-state index contributed by atoms with van der Waals surface area (Å²) in [4.78, 5) is 13.1. The molecule has 3 nitrogen and oxygen atoms in total. The molecule has 1 heterocycles. The molecule has 0 bridgehead atoms. The highest BCUT2D eigenvalue weighted by molar-refractivity contribution is 6.14. The Balaban J connectivity index is 1.62. The number of hydrogen-bond donors (Lipinski definition) is 1. The normalized spacial score (nSPS) is 11.2. The van der Waals surface area contributed by atoms with Crippen LogP contribution < -0.4 is 5.32 Å². The lowest BCUT2D eigenvalue weighted by atomic mass is 10.1. The topological polar surface area (TPSA) is 42.2 Å². The van der Waals surface area contributed by atoms with Gasteiger partial charge in [-0.2, -0.15) is 0 Å². The molecule has 0 radical (unpaired) electrons. The van der Waals surface area contributed by atoms with Crippen molar-refractivity contribution in [3.05, 3.63) is 107 Å². The number of hydrogen-bond acceptors (Lipinski definition) is 3. The van der Waals surface area contributed by atoms with Crippen LogP contribution in [0.3, 0.4) is 0 Å². The Morgan fingerprint density at radius 2 is 1.64 bits per heavy atom. The van der Waals surface area contributed by atoms with E-state index in [0.29, 0.717) is 23.5 Å². The Bertz CT molecular complexity index is 1120. The molecule has 0 aliphatic heterocycles. The number of carbonyl (C=O) groups is 1. The van der Waals surface area contributed by atoms with Crippen LogP contribution in [0.1, 0.15) is 27.2 Å². The van der Waals surface area contributed by atoms with Gasteiger partial charge in [0.1, 0.15) is 5.58 Å². The Morgan fingerprint density at radius 1 is 0.929 bits per heavy atom.